The lowest BCUT2D eigenvalue weighted by Crippen LogP contribution is -2.48. The Labute approximate surface area is 166 Å². The highest BCUT2D eigenvalue weighted by atomic mass is 79.9. The third kappa shape index (κ3) is 5.47. The number of hydrogen-bond donors (Lipinski definition) is 1. The Kier molecular flexibility index (Phi) is 7.48. The molecule has 138 valence electrons. The van der Waals surface area contributed by atoms with Gasteiger partial charge in [-0.1, -0.05) is 45.7 Å². The molecule has 2 amide bonds. The van der Waals surface area contributed by atoms with Gasteiger partial charge in [0.1, 0.15) is 11.8 Å². The Morgan fingerprint density at radius 1 is 1.19 bits per heavy atom. The first-order valence-corrected chi connectivity index (χ1v) is 9.22. The SMILES string of the molecule is CNC(=O)C(C)N(Cc1ccccc1Cl)C(=O)COc1ccc(Br)cc1. The minimum Gasteiger partial charge on any atom is -0.484 e. The molecule has 0 heterocycles. The number of ether oxygens (including phenoxy) is 1. The van der Waals surface area contributed by atoms with Gasteiger partial charge in [0.25, 0.3) is 5.91 Å². The number of benzene rings is 2. The second-order valence-electron chi connectivity index (χ2n) is 5.65. The van der Waals surface area contributed by atoms with Gasteiger partial charge in [0.05, 0.1) is 0 Å². The molecule has 1 N–H and O–H groups in total. The van der Waals surface area contributed by atoms with E-state index in [-0.39, 0.29) is 25.0 Å². The van der Waals surface area contributed by atoms with E-state index in [4.69, 9.17) is 16.3 Å². The maximum absolute atomic E-state index is 12.7. The Bertz CT molecular complexity index is 768. The maximum atomic E-state index is 12.7. The number of halogens is 2. The molecular formula is C19H20BrClN2O3. The predicted molar refractivity (Wildman–Crippen MR) is 105 cm³/mol. The number of likely N-dealkylation sites (N-methyl/N-ethyl adjacent to an activating group) is 1. The highest BCUT2D eigenvalue weighted by Gasteiger charge is 2.26. The molecule has 0 saturated carbocycles. The van der Waals surface area contributed by atoms with Crippen molar-refractivity contribution in [2.45, 2.75) is 19.5 Å². The summed E-state index contributed by atoms with van der Waals surface area (Å²) in [5.74, 6) is 0.0184. The van der Waals surface area contributed by atoms with Crippen molar-refractivity contribution >= 4 is 39.3 Å². The zero-order valence-corrected chi connectivity index (χ0v) is 16.9. The minimum absolute atomic E-state index is 0.173. The number of carbonyl (C=O) groups is 2. The second kappa shape index (κ2) is 9.59. The van der Waals surface area contributed by atoms with Crippen LogP contribution in [0.4, 0.5) is 0 Å². The molecule has 2 aromatic carbocycles. The monoisotopic (exact) mass is 438 g/mol. The topological polar surface area (TPSA) is 58.6 Å². The smallest absolute Gasteiger partial charge is 0.261 e. The van der Waals surface area contributed by atoms with Gasteiger partial charge in [-0.15, -0.1) is 0 Å². The molecule has 5 nitrogen and oxygen atoms in total. The van der Waals surface area contributed by atoms with Crippen LogP contribution in [-0.2, 0) is 16.1 Å². The van der Waals surface area contributed by atoms with E-state index in [1.54, 1.807) is 25.1 Å². The van der Waals surface area contributed by atoms with E-state index in [1.807, 2.05) is 30.3 Å². The van der Waals surface area contributed by atoms with Crippen molar-refractivity contribution in [2.24, 2.45) is 0 Å². The molecular weight excluding hydrogens is 420 g/mol. The van der Waals surface area contributed by atoms with Gasteiger partial charge in [-0.25, -0.2) is 0 Å². The number of amides is 2. The molecule has 2 rings (SSSR count). The van der Waals surface area contributed by atoms with Crippen molar-refractivity contribution in [1.82, 2.24) is 10.2 Å². The van der Waals surface area contributed by atoms with E-state index in [1.165, 1.54) is 11.9 Å². The van der Waals surface area contributed by atoms with Gasteiger partial charge >= 0.3 is 0 Å². The lowest BCUT2D eigenvalue weighted by atomic mass is 10.1. The van der Waals surface area contributed by atoms with E-state index in [0.717, 1.165) is 10.0 Å². The average Bonchev–Trinajstić information content (AvgIpc) is 2.65. The van der Waals surface area contributed by atoms with Gasteiger partial charge in [-0.05, 0) is 42.8 Å². The first kappa shape index (κ1) is 20.3. The van der Waals surface area contributed by atoms with Crippen LogP contribution >= 0.6 is 27.5 Å². The highest BCUT2D eigenvalue weighted by Crippen LogP contribution is 2.20. The Hall–Kier alpha value is -2.05. The van der Waals surface area contributed by atoms with Crippen molar-refractivity contribution in [2.75, 3.05) is 13.7 Å². The van der Waals surface area contributed by atoms with Gasteiger partial charge in [0.15, 0.2) is 6.61 Å². The highest BCUT2D eigenvalue weighted by molar-refractivity contribution is 9.10. The fourth-order valence-electron chi connectivity index (χ4n) is 2.36. The lowest BCUT2D eigenvalue weighted by Gasteiger charge is -2.28. The first-order valence-electron chi connectivity index (χ1n) is 8.05. The summed E-state index contributed by atoms with van der Waals surface area (Å²) in [4.78, 5) is 26.2. The largest absolute Gasteiger partial charge is 0.484 e. The summed E-state index contributed by atoms with van der Waals surface area (Å²) >= 11 is 9.55. The summed E-state index contributed by atoms with van der Waals surface area (Å²) < 4.78 is 6.48. The van der Waals surface area contributed by atoms with E-state index in [2.05, 4.69) is 21.2 Å². The Morgan fingerprint density at radius 2 is 1.85 bits per heavy atom. The van der Waals surface area contributed by atoms with Crippen molar-refractivity contribution in [3.05, 3.63) is 63.6 Å². The normalized spacial score (nSPS) is 11.5. The average molecular weight is 440 g/mol. The zero-order valence-electron chi connectivity index (χ0n) is 14.5. The van der Waals surface area contributed by atoms with Crippen LogP contribution in [0.15, 0.2) is 53.0 Å². The Morgan fingerprint density at radius 3 is 2.46 bits per heavy atom. The van der Waals surface area contributed by atoms with Crippen LogP contribution in [0.1, 0.15) is 12.5 Å². The van der Waals surface area contributed by atoms with E-state index < -0.39 is 6.04 Å². The molecule has 1 unspecified atom stereocenters. The summed E-state index contributed by atoms with van der Waals surface area (Å²) in [5, 5.41) is 3.11. The molecule has 0 aliphatic heterocycles. The van der Waals surface area contributed by atoms with Crippen LogP contribution in [0, 0.1) is 0 Å². The second-order valence-corrected chi connectivity index (χ2v) is 6.97. The van der Waals surface area contributed by atoms with Gasteiger partial charge in [-0.3, -0.25) is 9.59 Å². The molecule has 0 bridgehead atoms. The van der Waals surface area contributed by atoms with Gasteiger partial charge in [0, 0.05) is 23.1 Å². The fraction of sp³-hybridized carbons (Fsp3) is 0.263. The Balaban J connectivity index is 2.13. The first-order chi connectivity index (χ1) is 12.4. The zero-order chi connectivity index (χ0) is 19.1. The van der Waals surface area contributed by atoms with Crippen molar-refractivity contribution in [3.8, 4) is 5.75 Å². The molecule has 7 heteroatoms. The molecule has 0 saturated heterocycles. The van der Waals surface area contributed by atoms with Crippen LogP contribution in [0.5, 0.6) is 5.75 Å². The van der Waals surface area contributed by atoms with Crippen LogP contribution in [0.3, 0.4) is 0 Å². The van der Waals surface area contributed by atoms with Crippen LogP contribution in [0.25, 0.3) is 0 Å². The maximum Gasteiger partial charge on any atom is 0.261 e. The summed E-state index contributed by atoms with van der Waals surface area (Å²) in [6.45, 7) is 1.72. The number of carbonyl (C=O) groups excluding carboxylic acids is 2. The van der Waals surface area contributed by atoms with Crippen LogP contribution in [-0.4, -0.2) is 36.4 Å². The molecule has 26 heavy (non-hydrogen) atoms. The number of hydrogen-bond acceptors (Lipinski definition) is 3. The quantitative estimate of drug-likeness (QED) is 0.716. The lowest BCUT2D eigenvalue weighted by molar-refractivity contribution is -0.142. The summed E-state index contributed by atoms with van der Waals surface area (Å²) in [5.41, 5.74) is 0.766. The standard InChI is InChI=1S/C19H20BrClN2O3/c1-13(19(25)22-2)23(11-14-5-3-4-6-17(14)21)18(24)12-26-16-9-7-15(20)8-10-16/h3-10,13H,11-12H2,1-2H3,(H,22,25). The van der Waals surface area contributed by atoms with E-state index in [9.17, 15) is 9.59 Å². The summed E-state index contributed by atoms with van der Waals surface area (Å²) in [7, 11) is 1.54. The molecule has 0 aliphatic carbocycles. The van der Waals surface area contributed by atoms with Crippen molar-refractivity contribution in [3.63, 3.8) is 0 Å². The molecule has 0 fully saturated rings. The molecule has 0 aromatic heterocycles. The van der Waals surface area contributed by atoms with E-state index in [0.29, 0.717) is 10.8 Å². The number of nitrogens with one attached hydrogen (secondary N) is 1. The molecule has 0 aliphatic rings. The molecule has 0 spiro atoms. The van der Waals surface area contributed by atoms with Crippen molar-refractivity contribution < 1.29 is 14.3 Å². The van der Waals surface area contributed by atoms with Gasteiger partial charge in [0.2, 0.25) is 5.91 Å². The summed E-state index contributed by atoms with van der Waals surface area (Å²) in [6.07, 6.45) is 0. The van der Waals surface area contributed by atoms with Crippen LogP contribution < -0.4 is 10.1 Å². The van der Waals surface area contributed by atoms with Crippen molar-refractivity contribution in [1.29, 1.82) is 0 Å². The summed E-state index contributed by atoms with van der Waals surface area (Å²) in [6, 6.07) is 13.8. The third-order valence-electron chi connectivity index (χ3n) is 3.89. The molecule has 0 radical (unpaired) electrons. The molecule has 1 atom stereocenters. The minimum atomic E-state index is -0.655. The molecule has 2 aromatic rings. The number of nitrogens with zero attached hydrogens (tertiary/aromatic N) is 1. The fourth-order valence-corrected chi connectivity index (χ4v) is 2.82. The van der Waals surface area contributed by atoms with Gasteiger partial charge in [-0.2, -0.15) is 0 Å². The van der Waals surface area contributed by atoms with Crippen LogP contribution in [0.2, 0.25) is 5.02 Å². The third-order valence-corrected chi connectivity index (χ3v) is 4.79. The van der Waals surface area contributed by atoms with E-state index >= 15 is 0 Å². The number of rotatable bonds is 7. The van der Waals surface area contributed by atoms with Gasteiger partial charge < -0.3 is 15.0 Å². The predicted octanol–water partition coefficient (Wildman–Crippen LogP) is 3.64.